The number of hydrogen-bond acceptors (Lipinski definition) is 5. The number of nitrogens with one attached hydrogen (secondary N) is 2. The topological polar surface area (TPSA) is 129 Å². The Hall–Kier alpha value is -3.45. The van der Waals surface area contributed by atoms with Crippen LogP contribution in [-0.4, -0.2) is 18.3 Å². The highest BCUT2D eigenvalue weighted by atomic mass is 32.2. The third kappa shape index (κ3) is 3.00. The first-order valence-corrected chi connectivity index (χ1v) is 8.28. The molecule has 2 aromatic carbocycles. The number of halogens is 1. The van der Waals surface area contributed by atoms with Crippen molar-refractivity contribution in [2.24, 2.45) is 0 Å². The van der Waals surface area contributed by atoms with E-state index in [2.05, 4.69) is 9.71 Å². The van der Waals surface area contributed by atoms with Gasteiger partial charge in [0.15, 0.2) is 0 Å². The minimum atomic E-state index is -4.15. The second-order valence-electron chi connectivity index (χ2n) is 5.05. The molecule has 0 fully saturated rings. The molecular weight excluding hydrogens is 351 g/mol. The number of non-ortho nitro benzene ring substituents is 1. The van der Waals surface area contributed by atoms with Crippen LogP contribution < -0.4 is 4.72 Å². The van der Waals surface area contributed by atoms with Gasteiger partial charge in [0.05, 0.1) is 27.8 Å². The molecule has 3 rings (SSSR count). The van der Waals surface area contributed by atoms with Crippen molar-refractivity contribution in [2.75, 3.05) is 4.72 Å². The van der Waals surface area contributed by atoms with Gasteiger partial charge in [-0.15, -0.1) is 0 Å². The number of hydrogen-bond donors (Lipinski definition) is 2. The Kier molecular flexibility index (Phi) is 3.86. The maximum atomic E-state index is 13.9. The molecule has 0 aliphatic rings. The molecule has 0 atom stereocenters. The highest BCUT2D eigenvalue weighted by Gasteiger charge is 2.22. The predicted octanol–water partition coefficient (Wildman–Crippen LogP) is 2.89. The Bertz CT molecular complexity index is 1150. The summed E-state index contributed by atoms with van der Waals surface area (Å²) in [6, 6.07) is 8.76. The molecule has 0 saturated heterocycles. The number of H-pyrrole nitrogens is 1. The summed E-state index contributed by atoms with van der Waals surface area (Å²) in [4.78, 5) is 12.6. The highest BCUT2D eigenvalue weighted by molar-refractivity contribution is 7.93. The van der Waals surface area contributed by atoms with Crippen LogP contribution in [0.4, 0.5) is 15.8 Å². The number of sulfonamides is 1. The monoisotopic (exact) mass is 360 g/mol. The number of nitrogens with zero attached hydrogens (tertiary/aromatic N) is 2. The summed E-state index contributed by atoms with van der Waals surface area (Å²) in [6.07, 6.45) is 1.16. The van der Waals surface area contributed by atoms with Gasteiger partial charge in [0.25, 0.3) is 15.7 Å². The second kappa shape index (κ2) is 5.88. The minimum absolute atomic E-state index is 0.0554. The summed E-state index contributed by atoms with van der Waals surface area (Å²) < 4.78 is 41.0. The fourth-order valence-electron chi connectivity index (χ4n) is 2.29. The van der Waals surface area contributed by atoms with Crippen molar-refractivity contribution in [3.8, 4) is 6.07 Å². The van der Waals surface area contributed by atoms with E-state index in [0.29, 0.717) is 0 Å². The zero-order valence-corrected chi connectivity index (χ0v) is 13.2. The van der Waals surface area contributed by atoms with Crippen LogP contribution in [-0.2, 0) is 10.0 Å². The van der Waals surface area contributed by atoms with Crippen LogP contribution in [0.5, 0.6) is 0 Å². The second-order valence-corrected chi connectivity index (χ2v) is 6.70. The van der Waals surface area contributed by atoms with Gasteiger partial charge in [0.2, 0.25) is 0 Å². The van der Waals surface area contributed by atoms with E-state index in [1.807, 2.05) is 0 Å². The summed E-state index contributed by atoms with van der Waals surface area (Å²) >= 11 is 0. The van der Waals surface area contributed by atoms with Crippen molar-refractivity contribution in [3.05, 3.63) is 64.1 Å². The summed E-state index contributed by atoms with van der Waals surface area (Å²) in [5.41, 5.74) is -0.186. The third-order valence-corrected chi connectivity index (χ3v) is 4.88. The molecule has 0 saturated carbocycles. The first-order valence-electron chi connectivity index (χ1n) is 6.80. The van der Waals surface area contributed by atoms with Crippen LogP contribution in [0.15, 0.2) is 47.5 Å². The Morgan fingerprint density at radius 3 is 2.64 bits per heavy atom. The van der Waals surface area contributed by atoms with Crippen molar-refractivity contribution in [1.29, 1.82) is 5.26 Å². The van der Waals surface area contributed by atoms with E-state index in [1.54, 1.807) is 6.07 Å². The molecule has 3 aromatic rings. The van der Waals surface area contributed by atoms with E-state index in [1.165, 1.54) is 24.3 Å². The molecule has 0 unspecified atom stereocenters. The number of benzene rings is 2. The Morgan fingerprint density at radius 2 is 2.00 bits per heavy atom. The summed E-state index contributed by atoms with van der Waals surface area (Å²) in [5, 5.41) is 19.7. The number of anilines is 1. The van der Waals surface area contributed by atoms with Gasteiger partial charge < -0.3 is 4.98 Å². The van der Waals surface area contributed by atoms with Gasteiger partial charge in [-0.05, 0) is 24.3 Å². The molecule has 2 N–H and O–H groups in total. The molecule has 0 spiro atoms. The maximum absolute atomic E-state index is 13.9. The Balaban J connectivity index is 2.02. The number of rotatable bonds is 4. The van der Waals surface area contributed by atoms with Gasteiger partial charge in [-0.2, -0.15) is 5.26 Å². The molecule has 126 valence electrons. The average molecular weight is 360 g/mol. The number of aromatic amines is 1. The number of nitro benzene ring substituents is 1. The van der Waals surface area contributed by atoms with Crippen molar-refractivity contribution in [1.82, 2.24) is 4.98 Å². The maximum Gasteiger partial charge on any atom is 0.271 e. The fraction of sp³-hybridized carbons (Fsp3) is 0. The molecule has 1 aromatic heterocycles. The van der Waals surface area contributed by atoms with E-state index in [9.17, 15) is 22.9 Å². The van der Waals surface area contributed by atoms with Gasteiger partial charge in [-0.3, -0.25) is 14.8 Å². The van der Waals surface area contributed by atoms with E-state index >= 15 is 0 Å². The van der Waals surface area contributed by atoms with E-state index in [4.69, 9.17) is 5.26 Å². The summed E-state index contributed by atoms with van der Waals surface area (Å²) in [7, 11) is -4.15. The molecule has 0 aliphatic carbocycles. The van der Waals surface area contributed by atoms with Crippen molar-refractivity contribution >= 4 is 32.3 Å². The zero-order valence-electron chi connectivity index (χ0n) is 12.4. The first-order chi connectivity index (χ1) is 11.8. The van der Waals surface area contributed by atoms with Crippen molar-refractivity contribution < 1.29 is 17.7 Å². The molecule has 8 nitrogen and oxygen atoms in total. The van der Waals surface area contributed by atoms with Gasteiger partial charge in [-0.25, -0.2) is 12.8 Å². The summed E-state index contributed by atoms with van der Waals surface area (Å²) in [5.74, 6) is -0.891. The zero-order chi connectivity index (χ0) is 18.2. The van der Waals surface area contributed by atoms with Gasteiger partial charge in [0, 0.05) is 23.7 Å². The first kappa shape index (κ1) is 16.4. The van der Waals surface area contributed by atoms with E-state index in [-0.39, 0.29) is 32.7 Å². The van der Waals surface area contributed by atoms with Gasteiger partial charge in [-0.1, -0.05) is 0 Å². The number of nitro groups is 1. The minimum Gasteiger partial charge on any atom is -0.360 e. The van der Waals surface area contributed by atoms with Crippen LogP contribution >= 0.6 is 0 Å². The SMILES string of the molecule is N#Cc1ccc(NS(=O)(=O)c2c[nH]c3cc([N+](=O)[O-])ccc23)c(F)c1. The highest BCUT2D eigenvalue weighted by Crippen LogP contribution is 2.28. The standard InChI is InChI=1S/C15H9FN4O4S/c16-12-5-9(7-17)1-4-13(12)19-25(23,24)15-8-18-14-6-10(20(21)22)2-3-11(14)15/h1-6,8,18-19H. The van der Waals surface area contributed by atoms with Crippen molar-refractivity contribution in [3.63, 3.8) is 0 Å². The smallest absolute Gasteiger partial charge is 0.271 e. The Labute approximate surface area is 140 Å². The third-order valence-electron chi connectivity index (χ3n) is 3.47. The van der Waals surface area contributed by atoms with Crippen LogP contribution in [0.3, 0.4) is 0 Å². The average Bonchev–Trinajstić information content (AvgIpc) is 3.00. The van der Waals surface area contributed by atoms with Crippen LogP contribution in [0, 0.1) is 27.3 Å². The lowest BCUT2D eigenvalue weighted by Crippen LogP contribution is -2.13. The predicted molar refractivity (Wildman–Crippen MR) is 86.9 cm³/mol. The molecule has 10 heteroatoms. The summed E-state index contributed by atoms with van der Waals surface area (Å²) in [6.45, 7) is 0. The van der Waals surface area contributed by atoms with E-state index < -0.39 is 20.8 Å². The largest absolute Gasteiger partial charge is 0.360 e. The molecule has 0 amide bonds. The molecule has 0 radical (unpaired) electrons. The van der Waals surface area contributed by atoms with Crippen LogP contribution in [0.25, 0.3) is 10.9 Å². The number of aromatic nitrogens is 1. The van der Waals surface area contributed by atoms with E-state index in [0.717, 1.165) is 18.3 Å². The molecular formula is C15H9FN4O4S. The molecule has 0 bridgehead atoms. The fourth-order valence-corrected chi connectivity index (χ4v) is 3.54. The molecule has 1 heterocycles. The molecule has 0 aliphatic heterocycles. The van der Waals surface area contributed by atoms with Gasteiger partial charge >= 0.3 is 0 Å². The quantitative estimate of drug-likeness (QED) is 0.546. The lowest BCUT2D eigenvalue weighted by atomic mass is 10.2. The number of fused-ring (bicyclic) bond motifs is 1. The lowest BCUT2D eigenvalue weighted by molar-refractivity contribution is -0.384. The van der Waals surface area contributed by atoms with Gasteiger partial charge in [0.1, 0.15) is 10.7 Å². The normalized spacial score (nSPS) is 11.2. The lowest BCUT2D eigenvalue weighted by Gasteiger charge is -2.08. The van der Waals surface area contributed by atoms with Crippen LogP contribution in [0.1, 0.15) is 5.56 Å². The van der Waals surface area contributed by atoms with Crippen LogP contribution in [0.2, 0.25) is 0 Å². The number of nitriles is 1. The van der Waals surface area contributed by atoms with Crippen molar-refractivity contribution in [2.45, 2.75) is 4.90 Å². The molecule has 25 heavy (non-hydrogen) atoms. The Morgan fingerprint density at radius 1 is 1.24 bits per heavy atom.